The van der Waals surface area contributed by atoms with Gasteiger partial charge in [-0.25, -0.2) is 0 Å². The highest BCUT2D eigenvalue weighted by molar-refractivity contribution is 8.00. The SMILES string of the molecule is O=C(CCN1C(=O)CSc2ccccc21)Nc1cccc(Cl)c1Cl. The lowest BCUT2D eigenvalue weighted by molar-refractivity contribution is -0.117. The van der Waals surface area contributed by atoms with Crippen molar-refractivity contribution < 1.29 is 9.59 Å². The summed E-state index contributed by atoms with van der Waals surface area (Å²) in [7, 11) is 0. The van der Waals surface area contributed by atoms with E-state index in [2.05, 4.69) is 5.32 Å². The van der Waals surface area contributed by atoms with Crippen LogP contribution in [0.3, 0.4) is 0 Å². The molecule has 1 N–H and O–H groups in total. The average Bonchev–Trinajstić information content (AvgIpc) is 2.58. The molecular formula is C17H14Cl2N2O2S. The van der Waals surface area contributed by atoms with Crippen molar-refractivity contribution in [1.29, 1.82) is 0 Å². The van der Waals surface area contributed by atoms with Gasteiger partial charge in [0, 0.05) is 17.9 Å². The fourth-order valence-electron chi connectivity index (χ4n) is 2.43. The first-order valence-electron chi connectivity index (χ1n) is 7.32. The number of nitrogens with zero attached hydrogens (tertiary/aromatic N) is 1. The molecule has 24 heavy (non-hydrogen) atoms. The van der Waals surface area contributed by atoms with Crippen LogP contribution in [-0.4, -0.2) is 24.1 Å². The Labute approximate surface area is 154 Å². The van der Waals surface area contributed by atoms with Crippen molar-refractivity contribution in [1.82, 2.24) is 0 Å². The van der Waals surface area contributed by atoms with Gasteiger partial charge in [0.05, 0.1) is 27.2 Å². The lowest BCUT2D eigenvalue weighted by Gasteiger charge is -2.28. The first-order chi connectivity index (χ1) is 11.6. The fraction of sp³-hybridized carbons (Fsp3) is 0.176. The summed E-state index contributed by atoms with van der Waals surface area (Å²) in [6.07, 6.45) is 0.174. The molecule has 0 bridgehead atoms. The third-order valence-corrected chi connectivity index (χ3v) is 5.46. The van der Waals surface area contributed by atoms with Crippen LogP contribution in [0.1, 0.15) is 6.42 Å². The summed E-state index contributed by atoms with van der Waals surface area (Å²) in [6.45, 7) is 0.320. The zero-order valence-corrected chi connectivity index (χ0v) is 14.9. The second kappa shape index (κ2) is 7.47. The fourth-order valence-corrected chi connectivity index (χ4v) is 3.71. The molecule has 0 radical (unpaired) electrons. The summed E-state index contributed by atoms with van der Waals surface area (Å²) >= 11 is 13.5. The number of nitrogens with one attached hydrogen (secondary N) is 1. The molecule has 0 fully saturated rings. The first kappa shape index (κ1) is 17.1. The van der Waals surface area contributed by atoms with Gasteiger partial charge < -0.3 is 10.2 Å². The van der Waals surface area contributed by atoms with E-state index in [0.29, 0.717) is 28.0 Å². The number of amides is 2. The van der Waals surface area contributed by atoms with Crippen LogP contribution in [0.15, 0.2) is 47.4 Å². The molecule has 1 aliphatic rings. The van der Waals surface area contributed by atoms with Gasteiger partial charge in [-0.3, -0.25) is 9.59 Å². The number of para-hydroxylation sites is 1. The number of rotatable bonds is 4. The van der Waals surface area contributed by atoms with Crippen LogP contribution in [0.4, 0.5) is 11.4 Å². The van der Waals surface area contributed by atoms with E-state index in [0.717, 1.165) is 10.6 Å². The lowest BCUT2D eigenvalue weighted by atomic mass is 10.2. The maximum Gasteiger partial charge on any atom is 0.237 e. The second-order valence-electron chi connectivity index (χ2n) is 5.20. The normalized spacial score (nSPS) is 13.6. The Balaban J connectivity index is 1.66. The molecule has 124 valence electrons. The number of benzene rings is 2. The maximum absolute atomic E-state index is 12.2. The van der Waals surface area contributed by atoms with Crippen LogP contribution in [0.5, 0.6) is 0 Å². The number of carbonyl (C=O) groups is 2. The molecule has 0 aliphatic carbocycles. The van der Waals surface area contributed by atoms with Crippen LogP contribution in [0, 0.1) is 0 Å². The average molecular weight is 381 g/mol. The Morgan fingerprint density at radius 2 is 1.96 bits per heavy atom. The molecule has 0 unspecified atom stereocenters. The number of thioether (sulfide) groups is 1. The predicted molar refractivity (Wildman–Crippen MR) is 99.2 cm³/mol. The van der Waals surface area contributed by atoms with Crippen molar-refractivity contribution in [3.63, 3.8) is 0 Å². The predicted octanol–water partition coefficient (Wildman–Crippen LogP) is 4.46. The van der Waals surface area contributed by atoms with Gasteiger partial charge in [-0.05, 0) is 24.3 Å². The van der Waals surface area contributed by atoms with Crippen LogP contribution >= 0.6 is 35.0 Å². The number of hydrogen-bond donors (Lipinski definition) is 1. The Bertz CT molecular complexity index is 798. The molecule has 0 spiro atoms. The quantitative estimate of drug-likeness (QED) is 0.851. The molecule has 0 aromatic heterocycles. The highest BCUT2D eigenvalue weighted by Crippen LogP contribution is 2.35. The molecule has 2 aromatic carbocycles. The first-order valence-corrected chi connectivity index (χ1v) is 9.06. The van der Waals surface area contributed by atoms with Crippen molar-refractivity contribution in [3.8, 4) is 0 Å². The maximum atomic E-state index is 12.2. The van der Waals surface area contributed by atoms with E-state index in [1.165, 1.54) is 11.8 Å². The molecule has 7 heteroatoms. The van der Waals surface area contributed by atoms with Gasteiger partial charge in [-0.2, -0.15) is 0 Å². The van der Waals surface area contributed by atoms with Gasteiger partial charge in [0.15, 0.2) is 0 Å². The van der Waals surface area contributed by atoms with Gasteiger partial charge in [0.2, 0.25) is 11.8 Å². The Hall–Kier alpha value is -1.69. The topological polar surface area (TPSA) is 49.4 Å². The Morgan fingerprint density at radius 1 is 1.17 bits per heavy atom. The van der Waals surface area contributed by atoms with E-state index in [1.807, 2.05) is 24.3 Å². The molecule has 0 atom stereocenters. The number of anilines is 2. The van der Waals surface area contributed by atoms with E-state index in [4.69, 9.17) is 23.2 Å². The van der Waals surface area contributed by atoms with E-state index >= 15 is 0 Å². The van der Waals surface area contributed by atoms with Crippen LogP contribution < -0.4 is 10.2 Å². The molecular weight excluding hydrogens is 367 g/mol. The van der Waals surface area contributed by atoms with E-state index in [-0.39, 0.29) is 18.2 Å². The minimum atomic E-state index is -0.220. The standard InChI is InChI=1S/C17H14Cl2N2O2S/c18-11-4-3-5-12(17(11)19)20-15(22)8-9-21-13-6-1-2-7-14(13)24-10-16(21)23/h1-7H,8-10H2,(H,20,22). The summed E-state index contributed by atoms with van der Waals surface area (Å²) < 4.78 is 0. The summed E-state index contributed by atoms with van der Waals surface area (Å²) in [6, 6.07) is 12.7. The zero-order chi connectivity index (χ0) is 17.1. The van der Waals surface area contributed by atoms with Crippen LogP contribution in [-0.2, 0) is 9.59 Å². The van der Waals surface area contributed by atoms with Gasteiger partial charge in [0.25, 0.3) is 0 Å². The van der Waals surface area contributed by atoms with Crippen molar-refractivity contribution in [2.45, 2.75) is 11.3 Å². The molecule has 4 nitrogen and oxygen atoms in total. The summed E-state index contributed by atoms with van der Waals surface area (Å²) in [4.78, 5) is 27.1. The molecule has 3 rings (SSSR count). The minimum Gasteiger partial charge on any atom is -0.325 e. The van der Waals surface area contributed by atoms with Crippen molar-refractivity contribution >= 4 is 58.2 Å². The summed E-state index contributed by atoms with van der Waals surface area (Å²) in [5.41, 5.74) is 1.32. The van der Waals surface area contributed by atoms with E-state index < -0.39 is 0 Å². The Kier molecular flexibility index (Phi) is 5.33. The number of fused-ring (bicyclic) bond motifs is 1. The molecule has 0 saturated carbocycles. The largest absolute Gasteiger partial charge is 0.325 e. The van der Waals surface area contributed by atoms with Gasteiger partial charge in [-0.1, -0.05) is 41.4 Å². The Morgan fingerprint density at radius 3 is 2.79 bits per heavy atom. The monoisotopic (exact) mass is 380 g/mol. The van der Waals surface area contributed by atoms with Crippen molar-refractivity contribution in [2.24, 2.45) is 0 Å². The van der Waals surface area contributed by atoms with Crippen LogP contribution in [0.25, 0.3) is 0 Å². The van der Waals surface area contributed by atoms with Crippen molar-refractivity contribution in [2.75, 3.05) is 22.5 Å². The number of carbonyl (C=O) groups excluding carboxylic acids is 2. The molecule has 1 aliphatic heterocycles. The van der Waals surface area contributed by atoms with Crippen LogP contribution in [0.2, 0.25) is 10.0 Å². The van der Waals surface area contributed by atoms with Gasteiger partial charge >= 0.3 is 0 Å². The summed E-state index contributed by atoms with van der Waals surface area (Å²) in [5.74, 6) is 0.175. The van der Waals surface area contributed by atoms with Crippen molar-refractivity contribution in [3.05, 3.63) is 52.5 Å². The third kappa shape index (κ3) is 3.69. The van der Waals surface area contributed by atoms with Gasteiger partial charge in [-0.15, -0.1) is 11.8 Å². The highest BCUT2D eigenvalue weighted by Gasteiger charge is 2.24. The lowest BCUT2D eigenvalue weighted by Crippen LogP contribution is -2.37. The van der Waals surface area contributed by atoms with E-state index in [1.54, 1.807) is 23.1 Å². The van der Waals surface area contributed by atoms with Gasteiger partial charge in [0.1, 0.15) is 0 Å². The second-order valence-corrected chi connectivity index (χ2v) is 7.00. The number of halogens is 2. The zero-order valence-electron chi connectivity index (χ0n) is 12.6. The smallest absolute Gasteiger partial charge is 0.237 e. The molecule has 0 saturated heterocycles. The minimum absolute atomic E-state index is 0.00675. The highest BCUT2D eigenvalue weighted by atomic mass is 35.5. The third-order valence-electron chi connectivity index (χ3n) is 3.60. The number of hydrogen-bond acceptors (Lipinski definition) is 3. The molecule has 2 amide bonds. The summed E-state index contributed by atoms with van der Waals surface area (Å²) in [5, 5.41) is 3.42. The molecule has 2 aromatic rings. The van der Waals surface area contributed by atoms with E-state index in [9.17, 15) is 9.59 Å². The molecule has 1 heterocycles.